The Morgan fingerprint density at radius 1 is 1.08 bits per heavy atom. The summed E-state index contributed by atoms with van der Waals surface area (Å²) in [5, 5.41) is 5.28. The largest absolute Gasteiger partial charge is 0.350 e. The van der Waals surface area contributed by atoms with Crippen LogP contribution in [0.15, 0.2) is 36.5 Å². The number of carbonyl (C=O) groups is 1. The van der Waals surface area contributed by atoms with E-state index in [4.69, 9.17) is 0 Å². The van der Waals surface area contributed by atoms with Gasteiger partial charge in [-0.1, -0.05) is 13.0 Å². The predicted molar refractivity (Wildman–Crippen MR) is 134 cm³/mol. The van der Waals surface area contributed by atoms with Gasteiger partial charge in [-0.3, -0.25) is 9.52 Å². The number of carbonyl (C=O) groups excluding carboxylic acids is 1. The van der Waals surface area contributed by atoms with Crippen LogP contribution in [0.5, 0.6) is 0 Å². The molecule has 0 aliphatic heterocycles. The molecule has 1 aromatic heterocycles. The number of amides is 1. The molecule has 1 saturated carbocycles. The topological polar surface area (TPSA) is 95.2 Å². The van der Waals surface area contributed by atoms with Gasteiger partial charge in [0.25, 0.3) is 5.91 Å². The van der Waals surface area contributed by atoms with Gasteiger partial charge in [0.2, 0.25) is 0 Å². The molecule has 0 radical (unpaired) electrons. The van der Waals surface area contributed by atoms with Gasteiger partial charge in [-0.25, -0.2) is 31.5 Å². The fourth-order valence-corrected chi connectivity index (χ4v) is 4.19. The zero-order valence-electron chi connectivity index (χ0n) is 20.2. The van der Waals surface area contributed by atoms with E-state index in [9.17, 15) is 17.8 Å². The summed E-state index contributed by atoms with van der Waals surface area (Å²) in [6, 6.07) is 6.42. The van der Waals surface area contributed by atoms with Crippen LogP contribution in [0.1, 0.15) is 40.4 Å². The van der Waals surface area contributed by atoms with Crippen molar-refractivity contribution >= 4 is 34.3 Å². The normalized spacial score (nSPS) is 17.3. The Kier molecular flexibility index (Phi) is 7.79. The molecule has 1 aliphatic carbocycles. The Morgan fingerprint density at radius 2 is 1.81 bits per heavy atom. The van der Waals surface area contributed by atoms with E-state index in [1.807, 2.05) is 6.92 Å². The monoisotopic (exact) mass is 535 g/mol. The fraction of sp³-hybridized carbons (Fsp3) is 0.280. The van der Waals surface area contributed by atoms with Crippen molar-refractivity contribution in [3.8, 4) is 0 Å². The molecule has 4 N–H and O–H groups in total. The van der Waals surface area contributed by atoms with Gasteiger partial charge in [-0.2, -0.15) is 0 Å². The van der Waals surface area contributed by atoms with Gasteiger partial charge in [0, 0.05) is 18.7 Å². The summed E-state index contributed by atoms with van der Waals surface area (Å²) < 4.78 is 76.4. The summed E-state index contributed by atoms with van der Waals surface area (Å²) in [5.74, 6) is -5.13. The van der Waals surface area contributed by atoms with Crippen molar-refractivity contribution in [2.45, 2.75) is 32.7 Å². The zero-order chi connectivity index (χ0) is 26.9. The molecule has 4 rings (SSSR count). The van der Waals surface area contributed by atoms with Gasteiger partial charge >= 0.3 is 0 Å². The highest BCUT2D eigenvalue weighted by atomic mass is 32.2. The summed E-state index contributed by atoms with van der Waals surface area (Å²) >= 11 is -1.82. The first kappa shape index (κ1) is 26.6. The first-order chi connectivity index (χ1) is 17.6. The zero-order valence-corrected chi connectivity index (χ0v) is 21.0. The number of halogens is 4. The SMILES string of the molecule is CNS(=O)Nc1nccc(Cc2cc(C(=O)N[C@H]3C[C@H]3C)c(Nc3ccc(C)cc3F)c(F)c2F)c1F. The number of pyridine rings is 1. The second kappa shape index (κ2) is 10.9. The van der Waals surface area contributed by atoms with Gasteiger partial charge in [0.1, 0.15) is 5.82 Å². The second-order valence-electron chi connectivity index (χ2n) is 8.87. The third-order valence-corrected chi connectivity index (χ3v) is 6.81. The van der Waals surface area contributed by atoms with Crippen LogP contribution in [-0.4, -0.2) is 28.2 Å². The number of hydrogen-bond donors (Lipinski definition) is 4. The summed E-state index contributed by atoms with van der Waals surface area (Å²) in [4.78, 5) is 16.8. The quantitative estimate of drug-likeness (QED) is 0.301. The lowest BCUT2D eigenvalue weighted by Crippen LogP contribution is -2.28. The maximum absolute atomic E-state index is 15.4. The minimum atomic E-state index is -1.82. The average molecular weight is 536 g/mol. The van der Waals surface area contributed by atoms with Crippen LogP contribution in [0.25, 0.3) is 0 Å². The predicted octanol–water partition coefficient (Wildman–Crippen LogP) is 4.63. The molecule has 3 atom stereocenters. The Bertz CT molecular complexity index is 1390. The molecule has 1 amide bonds. The highest BCUT2D eigenvalue weighted by Gasteiger charge is 2.35. The van der Waals surface area contributed by atoms with Crippen LogP contribution < -0.4 is 20.1 Å². The number of aryl methyl sites for hydroxylation is 1. The maximum atomic E-state index is 15.4. The lowest BCUT2D eigenvalue weighted by molar-refractivity contribution is 0.0949. The lowest BCUT2D eigenvalue weighted by Gasteiger charge is -2.17. The minimum Gasteiger partial charge on any atom is -0.350 e. The number of benzene rings is 2. The van der Waals surface area contributed by atoms with Crippen molar-refractivity contribution in [1.82, 2.24) is 15.0 Å². The van der Waals surface area contributed by atoms with E-state index < -0.39 is 52.5 Å². The van der Waals surface area contributed by atoms with Crippen molar-refractivity contribution in [1.29, 1.82) is 0 Å². The molecule has 3 aromatic rings. The van der Waals surface area contributed by atoms with E-state index in [2.05, 4.69) is 25.1 Å². The maximum Gasteiger partial charge on any atom is 0.253 e. The van der Waals surface area contributed by atoms with Crippen LogP contribution in [0.4, 0.5) is 34.8 Å². The molecular weight excluding hydrogens is 510 g/mol. The fourth-order valence-electron chi connectivity index (χ4n) is 3.77. The first-order valence-electron chi connectivity index (χ1n) is 11.4. The number of rotatable bonds is 9. The third kappa shape index (κ3) is 5.91. The van der Waals surface area contributed by atoms with Crippen molar-refractivity contribution in [2.24, 2.45) is 5.92 Å². The molecule has 12 heteroatoms. The molecule has 0 saturated heterocycles. The van der Waals surface area contributed by atoms with Crippen LogP contribution in [0.2, 0.25) is 0 Å². The minimum absolute atomic E-state index is 0.0728. The number of hydrogen-bond acceptors (Lipinski definition) is 4. The highest BCUT2D eigenvalue weighted by molar-refractivity contribution is 7.84. The van der Waals surface area contributed by atoms with E-state index in [0.717, 1.165) is 12.5 Å². The molecule has 7 nitrogen and oxygen atoms in total. The Labute approximate surface area is 213 Å². The standard InChI is InChI=1S/C25H25F4N5O2S/c1-12-4-5-18(17(26)8-12)32-23-16(25(35)33-19-9-13(19)2)11-15(20(27)22(23)29)10-14-6-7-31-24(21(14)28)34-37(36)30-3/h4-8,11,13,19,30,32H,9-10H2,1-3H3,(H,31,34)(H,33,35)/t13-,19+,37?/m1/s1. The van der Waals surface area contributed by atoms with Crippen LogP contribution in [0.3, 0.4) is 0 Å². The highest BCUT2D eigenvalue weighted by Crippen LogP contribution is 2.34. The summed E-state index contributed by atoms with van der Waals surface area (Å²) in [7, 11) is 1.38. The second-order valence-corrected chi connectivity index (χ2v) is 10.0. The van der Waals surface area contributed by atoms with Gasteiger partial charge < -0.3 is 10.6 Å². The van der Waals surface area contributed by atoms with Crippen LogP contribution in [-0.2, 0) is 17.6 Å². The third-order valence-electron chi connectivity index (χ3n) is 6.06. The van der Waals surface area contributed by atoms with Gasteiger partial charge in [-0.15, -0.1) is 0 Å². The molecule has 196 valence electrons. The first-order valence-corrected chi connectivity index (χ1v) is 12.6. The molecular formula is C25H25F4N5O2S. The van der Waals surface area contributed by atoms with Crippen molar-refractivity contribution < 1.29 is 26.6 Å². The Morgan fingerprint density at radius 3 is 2.46 bits per heavy atom. The summed E-state index contributed by atoms with van der Waals surface area (Å²) in [6.45, 7) is 3.61. The molecule has 1 aliphatic rings. The van der Waals surface area contributed by atoms with E-state index in [1.165, 1.54) is 31.4 Å². The molecule has 0 spiro atoms. The van der Waals surface area contributed by atoms with Crippen molar-refractivity contribution in [3.05, 3.63) is 82.1 Å². The number of anilines is 3. The Balaban J connectivity index is 1.74. The molecule has 1 heterocycles. The van der Waals surface area contributed by atoms with E-state index >= 15 is 8.78 Å². The smallest absolute Gasteiger partial charge is 0.253 e. The number of nitrogens with one attached hydrogen (secondary N) is 4. The van der Waals surface area contributed by atoms with Crippen molar-refractivity contribution in [2.75, 3.05) is 17.1 Å². The van der Waals surface area contributed by atoms with Gasteiger partial charge in [0.15, 0.2) is 34.4 Å². The lowest BCUT2D eigenvalue weighted by atomic mass is 9.99. The summed E-state index contributed by atoms with van der Waals surface area (Å²) in [6.07, 6.45) is 1.53. The van der Waals surface area contributed by atoms with E-state index in [-0.39, 0.29) is 40.2 Å². The van der Waals surface area contributed by atoms with E-state index in [1.54, 1.807) is 13.0 Å². The molecule has 37 heavy (non-hydrogen) atoms. The van der Waals surface area contributed by atoms with Gasteiger partial charge in [0.05, 0.1) is 16.9 Å². The number of aromatic nitrogens is 1. The van der Waals surface area contributed by atoms with Crippen LogP contribution >= 0.6 is 0 Å². The van der Waals surface area contributed by atoms with Crippen molar-refractivity contribution in [3.63, 3.8) is 0 Å². The van der Waals surface area contributed by atoms with Crippen LogP contribution in [0, 0.1) is 36.1 Å². The molecule has 1 fully saturated rings. The summed E-state index contributed by atoms with van der Waals surface area (Å²) in [5.41, 5.74) is -0.672. The molecule has 2 aromatic carbocycles. The molecule has 0 bridgehead atoms. The Hall–Kier alpha value is -3.51. The molecule has 1 unspecified atom stereocenters. The van der Waals surface area contributed by atoms with E-state index in [0.29, 0.717) is 5.56 Å². The average Bonchev–Trinajstić information content (AvgIpc) is 3.56. The van der Waals surface area contributed by atoms with Gasteiger partial charge in [-0.05, 0) is 67.3 Å². The number of nitrogens with zero attached hydrogens (tertiary/aromatic N) is 1.